The first-order chi connectivity index (χ1) is 12.7. The average molecular weight is 375 g/mol. The lowest BCUT2D eigenvalue weighted by molar-refractivity contribution is 0.0915. The molecule has 0 aliphatic rings. The molecule has 10 heteroatoms. The zero-order valence-electron chi connectivity index (χ0n) is 14.7. The molecule has 0 aliphatic carbocycles. The van der Waals surface area contributed by atoms with Crippen LogP contribution in [0.2, 0.25) is 0 Å². The molecule has 0 aliphatic heterocycles. The number of hydrogen-bond donors (Lipinski definition) is 2. The van der Waals surface area contributed by atoms with Gasteiger partial charge in [-0.2, -0.15) is 5.10 Å². The lowest BCUT2D eigenvalue weighted by Crippen LogP contribution is -2.27. The predicted molar refractivity (Wildman–Crippen MR) is 99.3 cm³/mol. The molecule has 0 bridgehead atoms. The van der Waals surface area contributed by atoms with Crippen molar-refractivity contribution in [1.82, 2.24) is 30.2 Å². The van der Waals surface area contributed by atoms with Crippen LogP contribution >= 0.6 is 11.8 Å². The minimum atomic E-state index is -0.305. The molecule has 0 aromatic carbocycles. The number of aromatic nitrogens is 5. The normalized spacial score (nSPS) is 11.0. The van der Waals surface area contributed by atoms with E-state index in [-0.39, 0.29) is 11.7 Å². The lowest BCUT2D eigenvalue weighted by Gasteiger charge is -2.09. The third kappa shape index (κ3) is 4.13. The highest BCUT2D eigenvalue weighted by atomic mass is 32.2. The van der Waals surface area contributed by atoms with Gasteiger partial charge < -0.3 is 15.2 Å². The van der Waals surface area contributed by atoms with Crippen LogP contribution in [0.4, 0.5) is 5.82 Å². The first-order valence-corrected chi connectivity index (χ1v) is 9.50. The van der Waals surface area contributed by atoms with Crippen molar-refractivity contribution in [3.8, 4) is 0 Å². The van der Waals surface area contributed by atoms with Crippen molar-refractivity contribution in [2.75, 3.05) is 24.2 Å². The van der Waals surface area contributed by atoms with E-state index in [9.17, 15) is 4.79 Å². The molecule has 3 aromatic heterocycles. The monoisotopic (exact) mass is 375 g/mol. The number of rotatable bonds is 9. The number of anilines is 1. The molecule has 26 heavy (non-hydrogen) atoms. The molecule has 2 N–H and O–H groups in total. The Morgan fingerprint density at radius 3 is 2.92 bits per heavy atom. The Hall–Kier alpha value is -2.62. The van der Waals surface area contributed by atoms with E-state index in [0.29, 0.717) is 18.2 Å². The summed E-state index contributed by atoms with van der Waals surface area (Å²) in [5.41, 5.74) is 0.753. The Bertz CT molecular complexity index is 863. The maximum absolute atomic E-state index is 11.9. The van der Waals surface area contributed by atoms with E-state index in [1.165, 1.54) is 12.3 Å². The molecule has 0 unspecified atom stereocenters. The highest BCUT2D eigenvalue weighted by molar-refractivity contribution is 7.99. The summed E-state index contributed by atoms with van der Waals surface area (Å²) in [7, 11) is 0. The van der Waals surface area contributed by atoms with Gasteiger partial charge in [0.2, 0.25) is 5.76 Å². The second-order valence-electron chi connectivity index (χ2n) is 5.45. The second-order valence-corrected chi connectivity index (χ2v) is 6.68. The number of hydrogen-bond acceptors (Lipinski definition) is 8. The van der Waals surface area contributed by atoms with Gasteiger partial charge in [-0.05, 0) is 12.2 Å². The molecule has 0 atom stereocenters. The van der Waals surface area contributed by atoms with Crippen LogP contribution in [0.3, 0.4) is 0 Å². The maximum Gasteiger partial charge on any atom is 0.289 e. The van der Waals surface area contributed by atoms with Crippen LogP contribution in [0.25, 0.3) is 11.0 Å². The van der Waals surface area contributed by atoms with Crippen LogP contribution < -0.4 is 10.6 Å². The third-order valence-electron chi connectivity index (χ3n) is 3.56. The Morgan fingerprint density at radius 2 is 2.19 bits per heavy atom. The van der Waals surface area contributed by atoms with Crippen molar-refractivity contribution in [2.24, 2.45) is 0 Å². The maximum atomic E-state index is 11.9. The van der Waals surface area contributed by atoms with Gasteiger partial charge in [-0.3, -0.25) is 4.79 Å². The minimum Gasteiger partial charge on any atom is -0.369 e. The number of carbonyl (C=O) groups excluding carboxylic acids is 1. The Morgan fingerprint density at radius 1 is 1.31 bits per heavy atom. The van der Waals surface area contributed by atoms with Gasteiger partial charge in [0.25, 0.3) is 5.91 Å². The van der Waals surface area contributed by atoms with Crippen molar-refractivity contribution in [2.45, 2.75) is 32.0 Å². The fourth-order valence-electron chi connectivity index (χ4n) is 2.37. The standard InChI is InChI=1S/C16H21N7O2S/c1-3-6-17-13-11-10-19-23(14(11)22-16(21-13)26-4-2)9-8-18-15(24)12-5-7-20-25-12/h5,7,10H,3-4,6,8-9H2,1-2H3,(H,18,24)(H,17,21,22). The molecule has 3 aromatic rings. The van der Waals surface area contributed by atoms with E-state index in [4.69, 9.17) is 4.52 Å². The van der Waals surface area contributed by atoms with Crippen LogP contribution in [-0.2, 0) is 6.54 Å². The quantitative estimate of drug-likeness (QED) is 0.432. The number of thioether (sulfide) groups is 1. The molecule has 3 heterocycles. The molecule has 0 radical (unpaired) electrons. The first-order valence-electron chi connectivity index (χ1n) is 8.52. The molecule has 1 amide bonds. The largest absolute Gasteiger partial charge is 0.369 e. The van der Waals surface area contributed by atoms with E-state index in [1.807, 2.05) is 0 Å². The van der Waals surface area contributed by atoms with Crippen molar-refractivity contribution in [3.05, 3.63) is 24.2 Å². The Labute approximate surface area is 154 Å². The van der Waals surface area contributed by atoms with Crippen LogP contribution in [0.1, 0.15) is 30.8 Å². The number of amides is 1. The summed E-state index contributed by atoms with van der Waals surface area (Å²) in [5.74, 6) is 1.57. The summed E-state index contributed by atoms with van der Waals surface area (Å²) in [5, 5.41) is 15.6. The summed E-state index contributed by atoms with van der Waals surface area (Å²) in [6.45, 7) is 5.89. The molecular formula is C16H21N7O2S. The Balaban J connectivity index is 1.75. The SMILES string of the molecule is CCCNc1nc(SCC)nc2c1cnn2CCNC(=O)c1ccno1. The van der Waals surface area contributed by atoms with Gasteiger partial charge in [-0.25, -0.2) is 14.6 Å². The lowest BCUT2D eigenvalue weighted by atomic mass is 10.3. The molecule has 0 spiro atoms. The van der Waals surface area contributed by atoms with Crippen molar-refractivity contribution < 1.29 is 9.32 Å². The number of nitrogens with one attached hydrogen (secondary N) is 2. The van der Waals surface area contributed by atoms with E-state index < -0.39 is 0 Å². The topological polar surface area (TPSA) is 111 Å². The number of carbonyl (C=O) groups is 1. The molecule has 3 rings (SSSR count). The van der Waals surface area contributed by atoms with Gasteiger partial charge in [-0.15, -0.1) is 0 Å². The van der Waals surface area contributed by atoms with Crippen LogP contribution in [0.15, 0.2) is 28.1 Å². The van der Waals surface area contributed by atoms with Gasteiger partial charge in [0, 0.05) is 19.2 Å². The fourth-order valence-corrected chi connectivity index (χ4v) is 2.93. The second kappa shape index (κ2) is 8.65. The molecule has 0 saturated heterocycles. The zero-order chi connectivity index (χ0) is 18.4. The van der Waals surface area contributed by atoms with Crippen molar-refractivity contribution in [1.29, 1.82) is 0 Å². The van der Waals surface area contributed by atoms with Gasteiger partial charge >= 0.3 is 0 Å². The molecule has 0 saturated carbocycles. The highest BCUT2D eigenvalue weighted by Crippen LogP contribution is 2.24. The first kappa shape index (κ1) is 18.2. The van der Waals surface area contributed by atoms with E-state index in [1.54, 1.807) is 22.6 Å². The van der Waals surface area contributed by atoms with Crippen molar-refractivity contribution >= 4 is 34.5 Å². The Kier molecular flexibility index (Phi) is 6.05. The van der Waals surface area contributed by atoms with Gasteiger partial charge in [-0.1, -0.05) is 30.8 Å². The van der Waals surface area contributed by atoms with E-state index in [0.717, 1.165) is 35.6 Å². The van der Waals surface area contributed by atoms with E-state index in [2.05, 4.69) is 44.7 Å². The summed E-state index contributed by atoms with van der Waals surface area (Å²) in [6, 6.07) is 1.52. The molecule has 9 nitrogen and oxygen atoms in total. The molecular weight excluding hydrogens is 354 g/mol. The predicted octanol–water partition coefficient (Wildman–Crippen LogP) is 2.18. The third-order valence-corrected chi connectivity index (χ3v) is 4.29. The summed E-state index contributed by atoms with van der Waals surface area (Å²) in [6.07, 6.45) is 4.19. The number of nitrogens with zero attached hydrogens (tertiary/aromatic N) is 5. The van der Waals surface area contributed by atoms with E-state index >= 15 is 0 Å². The van der Waals surface area contributed by atoms with Gasteiger partial charge in [0.15, 0.2) is 10.8 Å². The fraction of sp³-hybridized carbons (Fsp3) is 0.438. The van der Waals surface area contributed by atoms with Crippen molar-refractivity contribution in [3.63, 3.8) is 0 Å². The molecule has 138 valence electrons. The van der Waals surface area contributed by atoms with Crippen LogP contribution in [0, 0.1) is 0 Å². The summed E-state index contributed by atoms with van der Waals surface area (Å²) in [4.78, 5) is 21.1. The highest BCUT2D eigenvalue weighted by Gasteiger charge is 2.14. The number of fused-ring (bicyclic) bond motifs is 1. The van der Waals surface area contributed by atoms with Crippen LogP contribution in [-0.4, -0.2) is 49.7 Å². The summed E-state index contributed by atoms with van der Waals surface area (Å²) < 4.78 is 6.61. The molecule has 0 fully saturated rings. The van der Waals surface area contributed by atoms with Gasteiger partial charge in [0.05, 0.1) is 24.3 Å². The summed E-state index contributed by atoms with van der Waals surface area (Å²) >= 11 is 1.58. The van der Waals surface area contributed by atoms with Crippen LogP contribution in [0.5, 0.6) is 0 Å². The average Bonchev–Trinajstić information content (AvgIpc) is 3.30. The van der Waals surface area contributed by atoms with Gasteiger partial charge in [0.1, 0.15) is 5.82 Å². The smallest absolute Gasteiger partial charge is 0.289 e. The zero-order valence-corrected chi connectivity index (χ0v) is 15.5. The minimum absolute atomic E-state index is 0.185.